The fraction of sp³-hybridized carbons (Fsp3) is 0.143. The number of rotatable bonds is 6. The van der Waals surface area contributed by atoms with E-state index in [0.717, 1.165) is 10.4 Å². The summed E-state index contributed by atoms with van der Waals surface area (Å²) in [7, 11) is -11.7. The minimum absolute atomic E-state index is 1.01. The van der Waals surface area contributed by atoms with Crippen molar-refractivity contribution in [2.45, 2.75) is 26.2 Å². The van der Waals surface area contributed by atoms with E-state index in [1.54, 1.807) is 0 Å². The van der Waals surface area contributed by atoms with Gasteiger partial charge in [-0.2, -0.15) is 0 Å². The van der Waals surface area contributed by atoms with Crippen LogP contribution >= 0.6 is 0 Å². The van der Waals surface area contributed by atoms with Gasteiger partial charge in [0, 0.05) is 0 Å². The molecule has 0 aromatic heterocycles. The van der Waals surface area contributed by atoms with Gasteiger partial charge < -0.3 is 17.4 Å². The molecule has 5 rings (SSSR count). The van der Waals surface area contributed by atoms with E-state index in [9.17, 15) is 9.59 Å². The van der Waals surface area contributed by atoms with Crippen molar-refractivity contribution >= 4 is 54.5 Å². The van der Waals surface area contributed by atoms with Crippen LogP contribution in [-0.2, 0) is 0 Å². The third kappa shape index (κ3) is 3.68. The van der Waals surface area contributed by atoms with Crippen LogP contribution in [0.1, 0.15) is 0 Å². The van der Waals surface area contributed by atoms with E-state index in [1.807, 2.05) is 48.5 Å². The van der Waals surface area contributed by atoms with Crippen LogP contribution in [0.5, 0.6) is 0 Å². The van der Waals surface area contributed by atoms with E-state index in [4.69, 9.17) is 0 Å². The Bertz CT molecular complexity index is 1210. The maximum atomic E-state index is 12.6. The lowest BCUT2D eigenvalue weighted by Crippen LogP contribution is -3.07. The molecular weight excluding hydrogens is 509 g/mol. The maximum absolute atomic E-state index is 12.6. The van der Waals surface area contributed by atoms with Gasteiger partial charge in [-0.05, 0) is 46.9 Å². The van der Waals surface area contributed by atoms with Crippen LogP contribution in [0.15, 0.2) is 121 Å². The van der Waals surface area contributed by atoms with Crippen LogP contribution in [0.4, 0.5) is 0 Å². The fourth-order valence-corrected chi connectivity index (χ4v) is 40.3. The molecule has 0 radical (unpaired) electrons. The second-order valence-electron chi connectivity index (χ2n) is 10.2. The lowest BCUT2D eigenvalue weighted by Gasteiger charge is -2.75. The van der Waals surface area contributed by atoms with Crippen molar-refractivity contribution in [1.82, 2.24) is 7.79 Å². The van der Waals surface area contributed by atoms with Gasteiger partial charge in [-0.3, -0.25) is 0 Å². The molecule has 0 aliphatic carbocycles. The van der Waals surface area contributed by atoms with Crippen molar-refractivity contribution < 1.29 is 9.59 Å². The van der Waals surface area contributed by atoms with Crippen molar-refractivity contribution in [3.8, 4) is 0 Å². The van der Waals surface area contributed by atoms with Gasteiger partial charge >= 0.3 is 0 Å². The van der Waals surface area contributed by atoms with Crippen LogP contribution in [-0.4, -0.2) is 51.1 Å². The average molecular weight is 543 g/mol. The molecule has 2 unspecified atom stereocenters. The lowest BCUT2D eigenvalue weighted by molar-refractivity contribution is 0.444. The number of hydrogen-bond donors (Lipinski definition) is 2. The van der Waals surface area contributed by atoms with Crippen molar-refractivity contribution in [3.05, 3.63) is 121 Å². The van der Waals surface area contributed by atoms with Gasteiger partial charge in [0.1, 0.15) is 0 Å². The van der Waals surface area contributed by atoms with E-state index in [-0.39, 0.29) is 0 Å². The van der Waals surface area contributed by atoms with Crippen molar-refractivity contribution in [1.29, 1.82) is 0 Å². The largest absolute Gasteiger partial charge is 0.417 e. The SMILES string of the molecule is C[Si](O)(c1ccccc1)N1[Si](C)(c2ccccc2)N([Si](C)(O)c2ccccc2)[Si]1(C)c1ccccc1. The summed E-state index contributed by atoms with van der Waals surface area (Å²) in [4.78, 5) is 25.2. The molecule has 4 aromatic carbocycles. The molecule has 0 saturated carbocycles. The van der Waals surface area contributed by atoms with E-state index in [1.165, 1.54) is 10.4 Å². The smallest absolute Gasteiger partial charge is 0.288 e. The Morgan fingerprint density at radius 1 is 0.472 bits per heavy atom. The van der Waals surface area contributed by atoms with Gasteiger partial charge in [-0.25, -0.2) is 0 Å². The number of benzene rings is 4. The highest BCUT2D eigenvalue weighted by atomic mass is 28.6. The van der Waals surface area contributed by atoms with E-state index in [0.29, 0.717) is 0 Å². The lowest BCUT2D eigenvalue weighted by atomic mass is 10.4. The zero-order valence-corrected chi connectivity index (χ0v) is 25.3. The monoisotopic (exact) mass is 542 g/mol. The highest BCUT2D eigenvalue weighted by Crippen LogP contribution is 2.44. The van der Waals surface area contributed by atoms with Gasteiger partial charge in [-0.15, -0.1) is 0 Å². The van der Waals surface area contributed by atoms with Crippen LogP contribution in [0.25, 0.3) is 0 Å². The third-order valence-electron chi connectivity index (χ3n) is 7.90. The topological polar surface area (TPSA) is 46.9 Å². The molecule has 1 aliphatic heterocycles. The first kappa shape index (κ1) is 25.2. The van der Waals surface area contributed by atoms with E-state index in [2.05, 4.69) is 107 Å². The minimum Gasteiger partial charge on any atom is -0.417 e. The summed E-state index contributed by atoms with van der Waals surface area (Å²) in [6, 6.07) is 41.6. The Labute approximate surface area is 218 Å². The molecule has 184 valence electrons. The molecule has 1 aliphatic rings. The molecule has 1 heterocycles. The first-order valence-corrected chi connectivity index (χ1v) is 22.0. The maximum Gasteiger partial charge on any atom is 0.288 e. The van der Waals surface area contributed by atoms with Gasteiger partial charge in [0.15, 0.2) is 0 Å². The molecule has 0 spiro atoms. The molecule has 4 nitrogen and oxygen atoms in total. The van der Waals surface area contributed by atoms with Gasteiger partial charge in [0.25, 0.3) is 17.0 Å². The summed E-state index contributed by atoms with van der Waals surface area (Å²) in [5, 5.41) is 4.46. The predicted molar refractivity (Wildman–Crippen MR) is 159 cm³/mol. The minimum atomic E-state index is -3.13. The second kappa shape index (κ2) is 9.16. The molecule has 0 amide bonds. The predicted octanol–water partition coefficient (Wildman–Crippen LogP) is 2.51. The first-order chi connectivity index (χ1) is 17.2. The Hall–Kier alpha value is -2.41. The Kier molecular flexibility index (Phi) is 6.42. The normalized spacial score (nSPS) is 25.9. The Morgan fingerprint density at radius 3 is 1.00 bits per heavy atom. The Balaban J connectivity index is 1.81. The van der Waals surface area contributed by atoms with Gasteiger partial charge in [0.05, 0.1) is 0 Å². The highest BCUT2D eigenvalue weighted by molar-refractivity contribution is 7.28. The van der Waals surface area contributed by atoms with E-state index < -0.39 is 33.8 Å². The van der Waals surface area contributed by atoms with Gasteiger partial charge in [-0.1, -0.05) is 121 Å². The summed E-state index contributed by atoms with van der Waals surface area (Å²) >= 11 is 0. The molecule has 1 fully saturated rings. The van der Waals surface area contributed by atoms with Crippen LogP contribution < -0.4 is 20.7 Å². The van der Waals surface area contributed by atoms with E-state index >= 15 is 0 Å². The molecule has 8 heteroatoms. The zero-order chi connectivity index (χ0) is 25.6. The van der Waals surface area contributed by atoms with Crippen molar-refractivity contribution in [2.24, 2.45) is 0 Å². The number of hydrogen-bond acceptors (Lipinski definition) is 4. The van der Waals surface area contributed by atoms with Crippen LogP contribution in [0.3, 0.4) is 0 Å². The summed E-state index contributed by atoms with van der Waals surface area (Å²) in [5.41, 5.74) is 0. The second-order valence-corrected chi connectivity index (χ2v) is 26.1. The molecule has 2 atom stereocenters. The molecule has 1 saturated heterocycles. The molecule has 4 aromatic rings. The quantitative estimate of drug-likeness (QED) is 0.368. The average Bonchev–Trinajstić information content (AvgIpc) is 2.90. The summed E-state index contributed by atoms with van der Waals surface area (Å²) in [6.45, 7) is 8.80. The third-order valence-corrected chi connectivity index (χ3v) is 34.5. The number of nitrogens with zero attached hydrogens (tertiary/aromatic N) is 2. The summed E-state index contributed by atoms with van der Waals surface area (Å²) < 4.78 is 5.16. The first-order valence-electron chi connectivity index (χ1n) is 12.4. The zero-order valence-electron chi connectivity index (χ0n) is 21.3. The standard InChI is InChI=1S/C28H34N2O2Si4/c1-33(25-17-9-5-10-18-25)29(35(3,31)27-21-13-7-14-22-27)34(2,26-19-11-6-12-20-26)30(33)36(4,32)28-23-15-8-16-24-28/h5-24,31-32H,1-4H3. The molecule has 36 heavy (non-hydrogen) atoms. The molecule has 2 N–H and O–H groups in total. The van der Waals surface area contributed by atoms with Crippen LogP contribution in [0, 0.1) is 0 Å². The van der Waals surface area contributed by atoms with Crippen LogP contribution in [0.2, 0.25) is 26.2 Å². The molecular formula is C28H34N2O2Si4. The summed E-state index contributed by atoms with van der Waals surface area (Å²) in [5.74, 6) is 0. The Morgan fingerprint density at radius 2 is 0.722 bits per heavy atom. The highest BCUT2D eigenvalue weighted by Gasteiger charge is 2.76. The van der Waals surface area contributed by atoms with Gasteiger partial charge in [0.2, 0.25) is 16.8 Å². The fourth-order valence-electron chi connectivity index (χ4n) is 6.49. The summed E-state index contributed by atoms with van der Waals surface area (Å²) in [6.07, 6.45) is 0. The van der Waals surface area contributed by atoms with Crippen molar-refractivity contribution in [2.75, 3.05) is 0 Å². The molecule has 0 bridgehead atoms. The van der Waals surface area contributed by atoms with Crippen molar-refractivity contribution in [3.63, 3.8) is 0 Å².